The lowest BCUT2D eigenvalue weighted by Gasteiger charge is -2.28. The zero-order chi connectivity index (χ0) is 14.5. The fourth-order valence-corrected chi connectivity index (χ4v) is 2.72. The molecule has 6 heteroatoms. The molecule has 20 heavy (non-hydrogen) atoms. The highest BCUT2D eigenvalue weighted by Gasteiger charge is 2.22. The number of nitrogens with one attached hydrogen (secondary N) is 1. The molecule has 0 aliphatic heterocycles. The molecular weight excluding hydrogens is 280 g/mol. The summed E-state index contributed by atoms with van der Waals surface area (Å²) < 4.78 is 5.82. The molecule has 0 amide bonds. The molecule has 2 rings (SSSR count). The van der Waals surface area contributed by atoms with E-state index in [0.717, 1.165) is 25.7 Å². The zero-order valence-electron chi connectivity index (χ0n) is 11.5. The van der Waals surface area contributed by atoms with E-state index >= 15 is 0 Å². The highest BCUT2D eigenvalue weighted by atomic mass is 35.5. The minimum absolute atomic E-state index is 0.0291. The van der Waals surface area contributed by atoms with Crippen molar-refractivity contribution in [2.45, 2.75) is 44.4 Å². The molecule has 0 bridgehead atoms. The summed E-state index contributed by atoms with van der Waals surface area (Å²) in [5.74, 6) is 0. The van der Waals surface area contributed by atoms with E-state index in [1.54, 1.807) is 12.1 Å². The molecule has 0 saturated heterocycles. The Morgan fingerprint density at radius 3 is 2.70 bits per heavy atom. The maximum Gasteiger partial charge on any atom is 0.276 e. The fourth-order valence-electron chi connectivity index (χ4n) is 2.55. The smallest absolute Gasteiger partial charge is 0.276 e. The zero-order valence-corrected chi connectivity index (χ0v) is 12.2. The van der Waals surface area contributed by atoms with E-state index in [4.69, 9.17) is 16.3 Å². The molecule has 1 fully saturated rings. The second-order valence-corrected chi connectivity index (χ2v) is 5.54. The molecule has 1 aromatic carbocycles. The van der Waals surface area contributed by atoms with Gasteiger partial charge in [0.05, 0.1) is 23.2 Å². The molecule has 0 heterocycles. The van der Waals surface area contributed by atoms with Gasteiger partial charge in [0.1, 0.15) is 0 Å². The number of benzene rings is 1. The predicted octanol–water partition coefficient (Wildman–Crippen LogP) is 3.30. The fraction of sp³-hybridized carbons (Fsp3) is 0.571. The van der Waals surface area contributed by atoms with E-state index in [0.29, 0.717) is 16.6 Å². The second-order valence-electron chi connectivity index (χ2n) is 5.10. The van der Waals surface area contributed by atoms with E-state index in [2.05, 4.69) is 5.32 Å². The van der Waals surface area contributed by atoms with Crippen molar-refractivity contribution in [2.75, 3.05) is 7.05 Å². The monoisotopic (exact) mass is 298 g/mol. The Bertz CT molecular complexity index is 473. The topological polar surface area (TPSA) is 64.4 Å². The molecule has 5 nitrogen and oxygen atoms in total. The molecule has 1 N–H and O–H groups in total. The second kappa shape index (κ2) is 7.02. The quantitative estimate of drug-likeness (QED) is 0.669. The van der Waals surface area contributed by atoms with Crippen molar-refractivity contribution in [3.05, 3.63) is 38.9 Å². The summed E-state index contributed by atoms with van der Waals surface area (Å²) >= 11 is 5.79. The van der Waals surface area contributed by atoms with Crippen LogP contribution >= 0.6 is 11.6 Å². The van der Waals surface area contributed by atoms with Gasteiger partial charge in [-0.25, -0.2) is 0 Å². The van der Waals surface area contributed by atoms with E-state index < -0.39 is 4.92 Å². The number of hydrogen-bond acceptors (Lipinski definition) is 4. The third kappa shape index (κ3) is 3.91. The Kier molecular flexibility index (Phi) is 5.34. The molecule has 1 saturated carbocycles. The number of halogens is 1. The number of rotatable bonds is 5. The van der Waals surface area contributed by atoms with Gasteiger partial charge in [-0.3, -0.25) is 10.1 Å². The van der Waals surface area contributed by atoms with Crippen molar-refractivity contribution in [3.8, 4) is 0 Å². The molecule has 0 unspecified atom stereocenters. The average Bonchev–Trinajstić information content (AvgIpc) is 2.46. The summed E-state index contributed by atoms with van der Waals surface area (Å²) in [4.78, 5) is 10.6. The van der Waals surface area contributed by atoms with Crippen molar-refractivity contribution >= 4 is 17.3 Å². The molecule has 0 atom stereocenters. The van der Waals surface area contributed by atoms with Crippen LogP contribution in [0.15, 0.2) is 18.2 Å². The van der Waals surface area contributed by atoms with E-state index in [-0.39, 0.29) is 18.4 Å². The Hall–Kier alpha value is -1.17. The summed E-state index contributed by atoms with van der Waals surface area (Å²) in [6.07, 6.45) is 4.35. The van der Waals surface area contributed by atoms with Crippen molar-refractivity contribution in [1.82, 2.24) is 5.32 Å². The lowest BCUT2D eigenvalue weighted by Crippen LogP contribution is -2.32. The number of nitro benzene ring substituents is 1. The number of hydrogen-bond donors (Lipinski definition) is 1. The summed E-state index contributed by atoms with van der Waals surface area (Å²) in [7, 11) is 1.98. The number of ether oxygens (including phenoxy) is 1. The Labute approximate surface area is 123 Å². The SMILES string of the molecule is CNC1CCC(OCc2ccc(Cl)cc2[N+](=O)[O-])CC1. The van der Waals surface area contributed by atoms with Crippen molar-refractivity contribution < 1.29 is 9.66 Å². The lowest BCUT2D eigenvalue weighted by molar-refractivity contribution is -0.386. The minimum atomic E-state index is -0.414. The van der Waals surface area contributed by atoms with Gasteiger partial charge in [-0.2, -0.15) is 0 Å². The van der Waals surface area contributed by atoms with Crippen LogP contribution in [0.5, 0.6) is 0 Å². The van der Waals surface area contributed by atoms with Crippen molar-refractivity contribution in [2.24, 2.45) is 0 Å². The maximum atomic E-state index is 11.0. The van der Waals surface area contributed by atoms with Gasteiger partial charge in [0.2, 0.25) is 0 Å². The third-order valence-corrected chi connectivity index (χ3v) is 4.04. The van der Waals surface area contributed by atoms with Crippen LogP contribution in [0.4, 0.5) is 5.69 Å². The van der Waals surface area contributed by atoms with Crippen LogP contribution in [0.3, 0.4) is 0 Å². The van der Waals surface area contributed by atoms with Gasteiger partial charge in [-0.05, 0) is 44.9 Å². The van der Waals surface area contributed by atoms with E-state index in [9.17, 15) is 10.1 Å². The van der Waals surface area contributed by atoms with Gasteiger partial charge < -0.3 is 10.1 Å². The van der Waals surface area contributed by atoms with Crippen LogP contribution in [0.1, 0.15) is 31.2 Å². The molecule has 0 spiro atoms. The first-order valence-electron chi connectivity index (χ1n) is 6.82. The molecule has 0 radical (unpaired) electrons. The van der Waals surface area contributed by atoms with Crippen LogP contribution in [-0.4, -0.2) is 24.1 Å². The molecule has 110 valence electrons. The molecular formula is C14H19ClN2O3. The highest BCUT2D eigenvalue weighted by Crippen LogP contribution is 2.26. The first kappa shape index (κ1) is 15.2. The normalized spacial score (nSPS) is 22.7. The first-order chi connectivity index (χ1) is 9.60. The van der Waals surface area contributed by atoms with Gasteiger partial charge in [0.15, 0.2) is 0 Å². The van der Waals surface area contributed by atoms with Gasteiger partial charge in [0.25, 0.3) is 5.69 Å². The largest absolute Gasteiger partial charge is 0.373 e. The third-order valence-electron chi connectivity index (χ3n) is 3.80. The Balaban J connectivity index is 1.93. The molecule has 1 aliphatic carbocycles. The van der Waals surface area contributed by atoms with Gasteiger partial charge in [-0.15, -0.1) is 0 Å². The lowest BCUT2D eigenvalue weighted by atomic mass is 9.93. The summed E-state index contributed by atoms with van der Waals surface area (Å²) in [5.41, 5.74) is 0.608. The Morgan fingerprint density at radius 1 is 1.40 bits per heavy atom. The maximum absolute atomic E-state index is 11.0. The minimum Gasteiger partial charge on any atom is -0.373 e. The van der Waals surface area contributed by atoms with Gasteiger partial charge >= 0.3 is 0 Å². The number of nitrogens with zero attached hydrogens (tertiary/aromatic N) is 1. The first-order valence-corrected chi connectivity index (χ1v) is 7.19. The predicted molar refractivity (Wildman–Crippen MR) is 78.0 cm³/mol. The van der Waals surface area contributed by atoms with Crippen molar-refractivity contribution in [1.29, 1.82) is 0 Å². The van der Waals surface area contributed by atoms with Crippen LogP contribution in [-0.2, 0) is 11.3 Å². The van der Waals surface area contributed by atoms with E-state index in [1.165, 1.54) is 6.07 Å². The van der Waals surface area contributed by atoms with Gasteiger partial charge in [-0.1, -0.05) is 11.6 Å². The summed E-state index contributed by atoms with van der Waals surface area (Å²) in [5, 5.41) is 14.6. The van der Waals surface area contributed by atoms with Crippen LogP contribution in [0, 0.1) is 10.1 Å². The Morgan fingerprint density at radius 2 is 2.10 bits per heavy atom. The average molecular weight is 299 g/mol. The van der Waals surface area contributed by atoms with E-state index in [1.807, 2.05) is 7.05 Å². The van der Waals surface area contributed by atoms with Crippen molar-refractivity contribution in [3.63, 3.8) is 0 Å². The van der Waals surface area contributed by atoms with Gasteiger partial charge in [0, 0.05) is 17.1 Å². The molecule has 1 aliphatic rings. The summed E-state index contributed by atoms with van der Waals surface area (Å²) in [6, 6.07) is 5.27. The van der Waals surface area contributed by atoms with Crippen LogP contribution < -0.4 is 5.32 Å². The standard InChI is InChI=1S/C14H19ClN2O3/c1-16-12-4-6-13(7-5-12)20-9-10-2-3-11(15)8-14(10)17(18)19/h2-3,8,12-13,16H,4-7,9H2,1H3. The number of nitro groups is 1. The molecule has 0 aromatic heterocycles. The summed E-state index contributed by atoms with van der Waals surface area (Å²) in [6.45, 7) is 0.266. The van der Waals surface area contributed by atoms with Crippen LogP contribution in [0.25, 0.3) is 0 Å². The molecule has 1 aromatic rings. The highest BCUT2D eigenvalue weighted by molar-refractivity contribution is 6.30. The van der Waals surface area contributed by atoms with Crippen LogP contribution in [0.2, 0.25) is 5.02 Å².